The van der Waals surface area contributed by atoms with Crippen molar-refractivity contribution in [3.8, 4) is 0 Å². The van der Waals surface area contributed by atoms with E-state index in [0.29, 0.717) is 6.54 Å². The summed E-state index contributed by atoms with van der Waals surface area (Å²) in [6.45, 7) is 3.96. The predicted molar refractivity (Wildman–Crippen MR) is 72.5 cm³/mol. The van der Waals surface area contributed by atoms with Crippen LogP contribution in [-0.2, 0) is 11.3 Å². The Morgan fingerprint density at radius 2 is 2.10 bits per heavy atom. The fraction of sp³-hybridized carbons (Fsp3) is 0.538. The van der Waals surface area contributed by atoms with E-state index in [4.69, 9.17) is 5.11 Å². The highest BCUT2D eigenvalue weighted by Crippen LogP contribution is 2.03. The Hall–Kier alpha value is -2.18. The van der Waals surface area contributed by atoms with Gasteiger partial charge in [0, 0.05) is 26.2 Å². The van der Waals surface area contributed by atoms with E-state index in [1.54, 1.807) is 0 Å². The number of hydrogen-bond donors (Lipinski definition) is 1. The molecule has 0 saturated carbocycles. The van der Waals surface area contributed by atoms with Crippen LogP contribution >= 0.6 is 0 Å². The molecule has 1 unspecified atom stereocenters. The number of amides is 1. The monoisotopic (exact) mass is 281 g/mol. The number of aryl methyl sites for hydroxylation is 1. The molecule has 1 atom stereocenters. The fourth-order valence-electron chi connectivity index (χ4n) is 1.70. The van der Waals surface area contributed by atoms with E-state index in [-0.39, 0.29) is 17.8 Å². The van der Waals surface area contributed by atoms with Gasteiger partial charge in [0.25, 0.3) is 11.5 Å². The number of carbonyl (C=O) groups excluding carboxylic acids is 1. The highest BCUT2D eigenvalue weighted by atomic mass is 16.4. The van der Waals surface area contributed by atoms with E-state index in [0.717, 1.165) is 6.42 Å². The van der Waals surface area contributed by atoms with Gasteiger partial charge in [-0.3, -0.25) is 14.4 Å². The average Bonchev–Trinajstić information content (AvgIpc) is 2.40. The van der Waals surface area contributed by atoms with Gasteiger partial charge in [0.05, 0.1) is 5.92 Å². The molecule has 0 spiro atoms. The summed E-state index contributed by atoms with van der Waals surface area (Å²) in [5.74, 6) is -2.03. The first-order chi connectivity index (χ1) is 9.36. The molecule has 0 aliphatic carbocycles. The molecule has 0 aliphatic heterocycles. The molecule has 0 radical (unpaired) electrons. The second kappa shape index (κ2) is 6.83. The van der Waals surface area contributed by atoms with Crippen LogP contribution < -0.4 is 5.56 Å². The van der Waals surface area contributed by atoms with E-state index in [9.17, 15) is 14.4 Å². The summed E-state index contributed by atoms with van der Waals surface area (Å²) in [4.78, 5) is 35.7. The van der Waals surface area contributed by atoms with Crippen molar-refractivity contribution in [3.05, 3.63) is 28.2 Å². The predicted octanol–water partition coefficient (Wildman–Crippen LogP) is 0.446. The number of carboxylic acid groups (broad SMARTS) is 1. The minimum Gasteiger partial charge on any atom is -0.481 e. The molecule has 0 saturated heterocycles. The molecule has 0 aliphatic rings. The largest absolute Gasteiger partial charge is 0.481 e. The number of nitrogens with zero attached hydrogens (tertiary/aromatic N) is 3. The van der Waals surface area contributed by atoms with E-state index in [1.165, 1.54) is 35.7 Å². The average molecular weight is 281 g/mol. The van der Waals surface area contributed by atoms with Gasteiger partial charge in [0.2, 0.25) is 0 Å². The molecule has 1 amide bonds. The number of rotatable bonds is 6. The maximum Gasteiger partial charge on any atom is 0.308 e. The fourth-order valence-corrected chi connectivity index (χ4v) is 1.70. The van der Waals surface area contributed by atoms with Gasteiger partial charge in [0.15, 0.2) is 0 Å². The first-order valence-corrected chi connectivity index (χ1v) is 6.43. The summed E-state index contributed by atoms with van der Waals surface area (Å²) >= 11 is 0. The third-order valence-electron chi connectivity index (χ3n) is 2.84. The van der Waals surface area contributed by atoms with Crippen molar-refractivity contribution >= 4 is 11.9 Å². The highest BCUT2D eigenvalue weighted by molar-refractivity contribution is 5.92. The topological polar surface area (TPSA) is 92.5 Å². The lowest BCUT2D eigenvalue weighted by atomic mass is 10.1. The van der Waals surface area contributed by atoms with Crippen molar-refractivity contribution < 1.29 is 14.7 Å². The lowest BCUT2D eigenvalue weighted by Crippen LogP contribution is -2.35. The van der Waals surface area contributed by atoms with Crippen molar-refractivity contribution in [2.45, 2.75) is 26.8 Å². The van der Waals surface area contributed by atoms with Gasteiger partial charge >= 0.3 is 5.97 Å². The molecule has 1 rings (SSSR count). The minimum absolute atomic E-state index is 0.0861. The summed E-state index contributed by atoms with van der Waals surface area (Å²) in [6.07, 6.45) is 0.733. The van der Waals surface area contributed by atoms with Crippen molar-refractivity contribution in [1.29, 1.82) is 0 Å². The zero-order valence-corrected chi connectivity index (χ0v) is 11.9. The Balaban J connectivity index is 2.89. The van der Waals surface area contributed by atoms with Crippen LogP contribution in [-0.4, -0.2) is 45.3 Å². The lowest BCUT2D eigenvalue weighted by Gasteiger charge is -2.19. The van der Waals surface area contributed by atoms with Crippen molar-refractivity contribution in [3.63, 3.8) is 0 Å². The Morgan fingerprint density at radius 3 is 2.65 bits per heavy atom. The third-order valence-corrected chi connectivity index (χ3v) is 2.84. The molecule has 1 heterocycles. The van der Waals surface area contributed by atoms with Gasteiger partial charge in [-0.2, -0.15) is 5.10 Å². The van der Waals surface area contributed by atoms with Crippen LogP contribution in [0, 0.1) is 5.92 Å². The Bertz CT molecular complexity index is 553. The number of carboxylic acids is 1. The van der Waals surface area contributed by atoms with E-state index in [2.05, 4.69) is 5.10 Å². The number of carbonyl (C=O) groups is 2. The summed E-state index contributed by atoms with van der Waals surface area (Å²) < 4.78 is 1.24. The number of aromatic nitrogens is 2. The SMILES string of the molecule is CCCn1nc(C(=O)N(C)CC(C)C(=O)O)ccc1=O. The second-order valence-electron chi connectivity index (χ2n) is 4.70. The zero-order valence-electron chi connectivity index (χ0n) is 11.9. The normalized spacial score (nSPS) is 11.9. The molecule has 1 aromatic rings. The maximum atomic E-state index is 12.1. The molecular formula is C13H19N3O4. The molecule has 1 aromatic heterocycles. The van der Waals surface area contributed by atoms with E-state index >= 15 is 0 Å². The first kappa shape index (κ1) is 15.9. The molecule has 0 fully saturated rings. The Labute approximate surface area is 116 Å². The quantitative estimate of drug-likeness (QED) is 0.817. The Morgan fingerprint density at radius 1 is 1.45 bits per heavy atom. The van der Waals surface area contributed by atoms with Gasteiger partial charge in [-0.15, -0.1) is 0 Å². The summed E-state index contributed by atoms with van der Waals surface area (Å²) in [5.41, 5.74) is -0.122. The van der Waals surface area contributed by atoms with Crippen LogP contribution in [0.25, 0.3) is 0 Å². The molecule has 7 heteroatoms. The van der Waals surface area contributed by atoms with E-state index in [1.807, 2.05) is 6.92 Å². The smallest absolute Gasteiger partial charge is 0.308 e. The van der Waals surface area contributed by atoms with Gasteiger partial charge in [-0.05, 0) is 12.5 Å². The third kappa shape index (κ3) is 3.91. The van der Waals surface area contributed by atoms with Crippen LogP contribution in [0.5, 0.6) is 0 Å². The van der Waals surface area contributed by atoms with Gasteiger partial charge in [-0.25, -0.2) is 4.68 Å². The van der Waals surface area contributed by atoms with Crippen LogP contribution in [0.2, 0.25) is 0 Å². The summed E-state index contributed by atoms with van der Waals surface area (Å²) in [6, 6.07) is 2.66. The molecule has 7 nitrogen and oxygen atoms in total. The lowest BCUT2D eigenvalue weighted by molar-refractivity contribution is -0.141. The number of aliphatic carboxylic acids is 1. The minimum atomic E-state index is -0.964. The molecule has 0 bridgehead atoms. The standard InChI is InChI=1S/C13H19N3O4/c1-4-7-16-11(17)6-5-10(14-16)12(18)15(3)8-9(2)13(19)20/h5-6,9H,4,7-8H2,1-3H3,(H,19,20). The molecule has 20 heavy (non-hydrogen) atoms. The first-order valence-electron chi connectivity index (χ1n) is 6.43. The van der Waals surface area contributed by atoms with Crippen LogP contribution in [0.3, 0.4) is 0 Å². The van der Waals surface area contributed by atoms with Crippen LogP contribution in [0.4, 0.5) is 0 Å². The summed E-state index contributed by atoms with van der Waals surface area (Å²) in [7, 11) is 1.51. The zero-order chi connectivity index (χ0) is 15.3. The van der Waals surface area contributed by atoms with Crippen molar-refractivity contribution in [2.24, 2.45) is 5.92 Å². The number of hydrogen-bond acceptors (Lipinski definition) is 4. The van der Waals surface area contributed by atoms with Crippen LogP contribution in [0.1, 0.15) is 30.8 Å². The van der Waals surface area contributed by atoms with E-state index < -0.39 is 17.8 Å². The molecular weight excluding hydrogens is 262 g/mol. The van der Waals surface area contributed by atoms with Crippen molar-refractivity contribution in [2.75, 3.05) is 13.6 Å². The summed E-state index contributed by atoms with van der Waals surface area (Å²) in [5, 5.41) is 12.8. The maximum absolute atomic E-state index is 12.1. The van der Waals surface area contributed by atoms with Gasteiger partial charge in [0.1, 0.15) is 5.69 Å². The Kier molecular flexibility index (Phi) is 5.42. The molecule has 1 N–H and O–H groups in total. The molecule has 0 aromatic carbocycles. The van der Waals surface area contributed by atoms with Gasteiger partial charge < -0.3 is 10.0 Å². The highest BCUT2D eigenvalue weighted by Gasteiger charge is 2.19. The second-order valence-corrected chi connectivity index (χ2v) is 4.70. The molecule has 110 valence electrons. The van der Waals surface area contributed by atoms with Gasteiger partial charge in [-0.1, -0.05) is 13.8 Å². The van der Waals surface area contributed by atoms with Crippen molar-refractivity contribution in [1.82, 2.24) is 14.7 Å². The van der Waals surface area contributed by atoms with Crippen LogP contribution in [0.15, 0.2) is 16.9 Å².